The second-order valence-corrected chi connectivity index (χ2v) is 11.6. The van der Waals surface area contributed by atoms with Gasteiger partial charge in [-0.1, -0.05) is 24.3 Å². The second kappa shape index (κ2) is 11.2. The molecule has 0 radical (unpaired) electrons. The van der Waals surface area contributed by atoms with Gasteiger partial charge in [0.15, 0.2) is 0 Å². The van der Waals surface area contributed by atoms with E-state index in [4.69, 9.17) is 0 Å². The number of hydrogen-bond donors (Lipinski definition) is 3. The summed E-state index contributed by atoms with van der Waals surface area (Å²) in [5.74, 6) is 1.78. The number of halogens is 3. The third-order valence-electron chi connectivity index (χ3n) is 6.59. The first-order chi connectivity index (χ1) is 17.5. The Bertz CT molecular complexity index is 1320. The molecule has 0 bridgehead atoms. The van der Waals surface area contributed by atoms with Gasteiger partial charge in [0.2, 0.25) is 16.0 Å². The van der Waals surface area contributed by atoms with E-state index in [9.17, 15) is 21.6 Å². The smallest absolute Gasteiger partial charge is 0.367 e. The molecule has 1 heterocycles. The highest BCUT2D eigenvalue weighted by Gasteiger charge is 2.37. The van der Waals surface area contributed by atoms with Crippen molar-refractivity contribution < 1.29 is 21.6 Å². The summed E-state index contributed by atoms with van der Waals surface area (Å²) in [6.07, 6.45) is -1.41. The van der Waals surface area contributed by atoms with Crippen LogP contribution in [-0.2, 0) is 16.2 Å². The molecule has 0 spiro atoms. The van der Waals surface area contributed by atoms with Crippen LogP contribution in [0, 0.1) is 11.8 Å². The molecule has 3 N–H and O–H groups in total. The first-order valence-corrected chi connectivity index (χ1v) is 13.9. The van der Waals surface area contributed by atoms with Crippen LogP contribution >= 0.6 is 0 Å². The summed E-state index contributed by atoms with van der Waals surface area (Å²) in [5.41, 5.74) is -0.300. The number of anilines is 2. The number of alkyl halides is 3. The molecule has 0 amide bonds. The molecule has 0 atom stereocenters. The molecule has 7 nitrogen and oxygen atoms in total. The van der Waals surface area contributed by atoms with Crippen LogP contribution in [0.2, 0.25) is 0 Å². The van der Waals surface area contributed by atoms with E-state index in [1.54, 1.807) is 0 Å². The number of hydrogen-bond acceptors (Lipinski definition) is 6. The second-order valence-electron chi connectivity index (χ2n) is 9.83. The van der Waals surface area contributed by atoms with Crippen LogP contribution in [0.4, 0.5) is 24.9 Å². The highest BCUT2D eigenvalue weighted by atomic mass is 32.2. The van der Waals surface area contributed by atoms with E-state index in [0.717, 1.165) is 54.5 Å². The summed E-state index contributed by atoms with van der Waals surface area (Å²) in [4.78, 5) is 8.56. The normalized spacial score (nSPS) is 18.8. The van der Waals surface area contributed by atoms with Crippen LogP contribution in [0.1, 0.15) is 45.1 Å². The van der Waals surface area contributed by atoms with Crippen LogP contribution < -0.4 is 15.4 Å². The van der Waals surface area contributed by atoms with Crippen LogP contribution in [0.3, 0.4) is 0 Å². The Labute approximate surface area is 215 Å². The van der Waals surface area contributed by atoms with E-state index in [0.29, 0.717) is 18.4 Å². The largest absolute Gasteiger partial charge is 0.417 e. The Morgan fingerprint density at radius 2 is 1.54 bits per heavy atom. The van der Waals surface area contributed by atoms with Gasteiger partial charge in [-0.25, -0.2) is 18.1 Å². The molecular formula is C26H32F3N5O2S. The first kappa shape index (κ1) is 27.1. The van der Waals surface area contributed by atoms with Crippen molar-refractivity contribution in [3.63, 3.8) is 0 Å². The van der Waals surface area contributed by atoms with Crippen molar-refractivity contribution in [1.82, 2.24) is 14.7 Å². The summed E-state index contributed by atoms with van der Waals surface area (Å²) in [5, 5.41) is 7.69. The van der Waals surface area contributed by atoms with E-state index >= 15 is 0 Å². The van der Waals surface area contributed by atoms with E-state index in [1.807, 2.05) is 24.3 Å². The SMILES string of the molecule is CC(C)Nc1nc(NC[C@H]2CC[C@H](CNS(=O)(=O)c3ccccc3C(F)(F)F)CC2)nc2ccccc12. The number of nitrogens with one attached hydrogen (secondary N) is 3. The van der Waals surface area contributed by atoms with E-state index in [-0.39, 0.29) is 18.5 Å². The molecule has 11 heteroatoms. The fourth-order valence-electron chi connectivity index (χ4n) is 4.65. The van der Waals surface area contributed by atoms with E-state index in [1.165, 1.54) is 12.1 Å². The molecule has 1 aliphatic rings. The third-order valence-corrected chi connectivity index (χ3v) is 8.07. The average Bonchev–Trinajstić information content (AvgIpc) is 2.86. The van der Waals surface area contributed by atoms with Gasteiger partial charge in [0.05, 0.1) is 16.0 Å². The Balaban J connectivity index is 1.31. The lowest BCUT2D eigenvalue weighted by Gasteiger charge is -2.29. The summed E-state index contributed by atoms with van der Waals surface area (Å²) in [6, 6.07) is 12.3. The van der Waals surface area contributed by atoms with Gasteiger partial charge < -0.3 is 10.6 Å². The highest BCUT2D eigenvalue weighted by molar-refractivity contribution is 7.89. The molecule has 1 saturated carbocycles. The molecule has 0 unspecified atom stereocenters. The molecule has 200 valence electrons. The number of sulfonamides is 1. The first-order valence-electron chi connectivity index (χ1n) is 12.5. The van der Waals surface area contributed by atoms with Crippen LogP contribution in [0.25, 0.3) is 10.9 Å². The van der Waals surface area contributed by atoms with Crippen LogP contribution in [0.15, 0.2) is 53.4 Å². The topological polar surface area (TPSA) is 96.0 Å². The molecule has 1 aromatic heterocycles. The summed E-state index contributed by atoms with van der Waals surface area (Å²) in [6.45, 7) is 4.92. The monoisotopic (exact) mass is 535 g/mol. The minimum atomic E-state index is -4.74. The third kappa shape index (κ3) is 6.89. The Morgan fingerprint density at radius 3 is 2.22 bits per heavy atom. The van der Waals surface area contributed by atoms with Crippen molar-refractivity contribution in [2.45, 2.75) is 56.6 Å². The average molecular weight is 536 g/mol. The predicted molar refractivity (Wildman–Crippen MR) is 139 cm³/mol. The fourth-order valence-corrected chi connectivity index (χ4v) is 6.00. The maximum Gasteiger partial charge on any atom is 0.417 e. The van der Waals surface area contributed by atoms with Gasteiger partial charge in [-0.15, -0.1) is 0 Å². The lowest BCUT2D eigenvalue weighted by atomic mass is 9.82. The maximum atomic E-state index is 13.3. The number of aromatic nitrogens is 2. The summed E-state index contributed by atoms with van der Waals surface area (Å²) in [7, 11) is -4.27. The van der Waals surface area contributed by atoms with Gasteiger partial charge in [0.25, 0.3) is 0 Å². The zero-order valence-corrected chi connectivity index (χ0v) is 21.7. The Hall–Kier alpha value is -2.92. The van der Waals surface area contributed by atoms with Gasteiger partial charge in [-0.05, 0) is 75.6 Å². The minimum absolute atomic E-state index is 0.0721. The number of rotatable bonds is 9. The summed E-state index contributed by atoms with van der Waals surface area (Å²) < 4.78 is 67.4. The number of benzene rings is 2. The standard InChI is InChI=1S/C26H32F3N5O2S/c1-17(2)32-24-20-7-3-5-9-22(20)33-25(34-24)30-15-18-11-13-19(14-12-18)16-31-37(35,36)23-10-6-4-8-21(23)26(27,28)29/h3-10,17-19,31H,11-16H2,1-2H3,(H2,30,32,33,34)/t18-,19-. The molecule has 1 aliphatic carbocycles. The molecule has 0 aliphatic heterocycles. The van der Waals surface area contributed by atoms with Crippen molar-refractivity contribution in [3.05, 3.63) is 54.1 Å². The van der Waals surface area contributed by atoms with Gasteiger partial charge in [-0.2, -0.15) is 18.2 Å². The molecule has 1 fully saturated rings. The zero-order chi connectivity index (χ0) is 26.6. The van der Waals surface area contributed by atoms with E-state index in [2.05, 4.69) is 39.2 Å². The molecule has 37 heavy (non-hydrogen) atoms. The Kier molecular flexibility index (Phi) is 8.23. The van der Waals surface area contributed by atoms with Crippen LogP contribution in [-0.4, -0.2) is 37.5 Å². The number of para-hydroxylation sites is 1. The van der Waals surface area contributed by atoms with Gasteiger partial charge in [0.1, 0.15) is 5.82 Å². The molecular weight excluding hydrogens is 503 g/mol. The molecule has 3 aromatic rings. The summed E-state index contributed by atoms with van der Waals surface area (Å²) >= 11 is 0. The highest BCUT2D eigenvalue weighted by Crippen LogP contribution is 2.34. The quantitative estimate of drug-likeness (QED) is 0.327. The van der Waals surface area contributed by atoms with E-state index < -0.39 is 26.7 Å². The fraction of sp³-hybridized carbons (Fsp3) is 0.462. The maximum absolute atomic E-state index is 13.3. The Morgan fingerprint density at radius 1 is 0.919 bits per heavy atom. The van der Waals surface area contributed by atoms with Crippen molar-refractivity contribution in [3.8, 4) is 0 Å². The lowest BCUT2D eigenvalue weighted by Crippen LogP contribution is -2.33. The van der Waals surface area contributed by atoms with Gasteiger partial charge >= 0.3 is 6.18 Å². The number of nitrogens with zero attached hydrogens (tertiary/aromatic N) is 2. The number of fused-ring (bicyclic) bond motifs is 1. The molecule has 4 rings (SSSR count). The predicted octanol–water partition coefficient (Wildman–Crippen LogP) is 5.67. The van der Waals surface area contributed by atoms with Crippen molar-refractivity contribution in [2.24, 2.45) is 11.8 Å². The molecule has 0 saturated heterocycles. The van der Waals surface area contributed by atoms with Crippen LogP contribution in [0.5, 0.6) is 0 Å². The van der Waals surface area contributed by atoms with Gasteiger partial charge in [0, 0.05) is 24.5 Å². The zero-order valence-electron chi connectivity index (χ0n) is 20.8. The van der Waals surface area contributed by atoms with Crippen molar-refractivity contribution >= 4 is 32.7 Å². The van der Waals surface area contributed by atoms with Crippen molar-refractivity contribution in [2.75, 3.05) is 23.7 Å². The lowest BCUT2D eigenvalue weighted by molar-refractivity contribution is -0.139. The molecule has 2 aromatic carbocycles. The minimum Gasteiger partial charge on any atom is -0.367 e. The van der Waals surface area contributed by atoms with Crippen molar-refractivity contribution in [1.29, 1.82) is 0 Å². The van der Waals surface area contributed by atoms with Gasteiger partial charge in [-0.3, -0.25) is 0 Å².